The maximum atomic E-state index is 11.7. The number of hydrogen-bond donors (Lipinski definition) is 3. The zero-order valence-electron chi connectivity index (χ0n) is 9.25. The van der Waals surface area contributed by atoms with E-state index < -0.39 is 5.44 Å². The number of anilines is 1. The normalized spacial score (nSPS) is 13.1. The lowest BCUT2D eigenvalue weighted by molar-refractivity contribution is 0.284. The second-order valence-electron chi connectivity index (χ2n) is 3.53. The van der Waals surface area contributed by atoms with Gasteiger partial charge in [0.25, 0.3) is 5.56 Å². The molecule has 0 aliphatic rings. The third-order valence-corrected chi connectivity index (χ3v) is 3.09. The van der Waals surface area contributed by atoms with Gasteiger partial charge in [-0.25, -0.2) is 4.98 Å². The molecule has 2 rings (SSSR count). The van der Waals surface area contributed by atoms with Crippen LogP contribution in [-0.2, 0) is 6.54 Å². The lowest BCUT2D eigenvalue weighted by atomic mass is 10.5. The number of nitrogens with two attached hydrogens (primary N) is 1. The van der Waals surface area contributed by atoms with E-state index in [0.29, 0.717) is 23.5 Å². The fourth-order valence-electron chi connectivity index (χ4n) is 1.49. The van der Waals surface area contributed by atoms with Gasteiger partial charge in [-0.2, -0.15) is 4.98 Å². The molecule has 0 aliphatic carbocycles. The van der Waals surface area contributed by atoms with E-state index in [1.54, 1.807) is 17.8 Å². The van der Waals surface area contributed by atoms with Crippen molar-refractivity contribution in [2.75, 3.05) is 11.5 Å². The summed E-state index contributed by atoms with van der Waals surface area (Å²) in [6, 6.07) is 0. The minimum atomic E-state index is -0.420. The molecule has 2 heterocycles. The van der Waals surface area contributed by atoms with Crippen LogP contribution >= 0.6 is 11.8 Å². The molecule has 2 aromatic heterocycles. The first kappa shape index (κ1) is 11.9. The predicted octanol–water partition coefficient (Wildman–Crippen LogP) is -0.227. The maximum absolute atomic E-state index is 11.7. The molecular formula is C9H13N5O2S. The molecule has 8 heteroatoms. The van der Waals surface area contributed by atoms with Crippen molar-refractivity contribution < 1.29 is 5.11 Å². The molecule has 92 valence electrons. The van der Waals surface area contributed by atoms with Crippen LogP contribution in [-0.4, -0.2) is 35.8 Å². The highest BCUT2D eigenvalue weighted by Gasteiger charge is 2.09. The predicted molar refractivity (Wildman–Crippen MR) is 66.7 cm³/mol. The second kappa shape index (κ2) is 4.76. The van der Waals surface area contributed by atoms with E-state index in [4.69, 9.17) is 10.8 Å². The molecule has 2 aromatic rings. The van der Waals surface area contributed by atoms with E-state index in [1.807, 2.05) is 0 Å². The summed E-state index contributed by atoms with van der Waals surface area (Å²) in [5.41, 5.74) is 5.45. The molecule has 0 bridgehead atoms. The molecular weight excluding hydrogens is 242 g/mol. The standard InChI is InChI=1S/C9H13N5O2S/c1-5(15)17-3-2-14-4-11-7-6(14)8(16)13-9(10)12-7/h4-5,15H,2-3H2,1H3,(H3,10,12,13,16). The summed E-state index contributed by atoms with van der Waals surface area (Å²) in [6.45, 7) is 2.28. The van der Waals surface area contributed by atoms with Crippen molar-refractivity contribution >= 4 is 28.9 Å². The highest BCUT2D eigenvalue weighted by molar-refractivity contribution is 7.99. The van der Waals surface area contributed by atoms with Crippen molar-refractivity contribution in [1.29, 1.82) is 0 Å². The number of aromatic amines is 1. The minimum Gasteiger partial charge on any atom is -0.383 e. The Labute approximate surface area is 101 Å². The average molecular weight is 255 g/mol. The van der Waals surface area contributed by atoms with Crippen molar-refractivity contribution in [3.05, 3.63) is 16.7 Å². The van der Waals surface area contributed by atoms with Gasteiger partial charge in [0.1, 0.15) is 0 Å². The molecule has 4 N–H and O–H groups in total. The van der Waals surface area contributed by atoms with E-state index in [-0.39, 0.29) is 11.5 Å². The fraction of sp³-hybridized carbons (Fsp3) is 0.444. The van der Waals surface area contributed by atoms with Crippen LogP contribution in [0.15, 0.2) is 11.1 Å². The molecule has 0 fully saturated rings. The van der Waals surface area contributed by atoms with Crippen LogP contribution in [0.3, 0.4) is 0 Å². The Kier molecular flexibility index (Phi) is 3.34. The third kappa shape index (κ3) is 2.59. The Morgan fingerprint density at radius 2 is 2.47 bits per heavy atom. The summed E-state index contributed by atoms with van der Waals surface area (Å²) in [4.78, 5) is 22.1. The molecule has 0 saturated heterocycles. The number of thioether (sulfide) groups is 1. The fourth-order valence-corrected chi connectivity index (χ4v) is 2.14. The first-order valence-electron chi connectivity index (χ1n) is 5.08. The molecule has 0 aliphatic heterocycles. The van der Waals surface area contributed by atoms with E-state index in [9.17, 15) is 4.79 Å². The summed E-state index contributed by atoms with van der Waals surface area (Å²) < 4.78 is 1.70. The van der Waals surface area contributed by atoms with Gasteiger partial charge in [0.05, 0.1) is 11.8 Å². The highest BCUT2D eigenvalue weighted by atomic mass is 32.2. The lowest BCUT2D eigenvalue weighted by Crippen LogP contribution is -2.15. The molecule has 17 heavy (non-hydrogen) atoms. The summed E-state index contributed by atoms with van der Waals surface area (Å²) in [5.74, 6) is 0.749. The van der Waals surface area contributed by atoms with Crippen molar-refractivity contribution in [2.45, 2.75) is 18.9 Å². The molecule has 0 spiro atoms. The number of aliphatic hydroxyl groups is 1. The summed E-state index contributed by atoms with van der Waals surface area (Å²) in [7, 11) is 0. The SMILES string of the molecule is CC(O)SCCn1cnc2nc(N)[nH]c(=O)c21. The number of nitrogens with one attached hydrogen (secondary N) is 1. The third-order valence-electron chi connectivity index (χ3n) is 2.19. The Hall–Kier alpha value is -1.54. The van der Waals surface area contributed by atoms with Crippen molar-refractivity contribution in [2.24, 2.45) is 0 Å². The van der Waals surface area contributed by atoms with Crippen molar-refractivity contribution in [3.63, 3.8) is 0 Å². The Morgan fingerprint density at radius 3 is 3.18 bits per heavy atom. The number of aryl methyl sites for hydroxylation is 1. The zero-order chi connectivity index (χ0) is 12.4. The number of fused-ring (bicyclic) bond motifs is 1. The summed E-state index contributed by atoms with van der Waals surface area (Å²) in [6.07, 6.45) is 1.55. The van der Waals surface area contributed by atoms with E-state index in [2.05, 4.69) is 15.0 Å². The van der Waals surface area contributed by atoms with Crippen LogP contribution in [0, 0.1) is 0 Å². The van der Waals surface area contributed by atoms with Crippen molar-refractivity contribution in [3.8, 4) is 0 Å². The van der Waals surface area contributed by atoms with Gasteiger partial charge < -0.3 is 15.4 Å². The molecule has 0 saturated carbocycles. The number of aliphatic hydroxyl groups excluding tert-OH is 1. The monoisotopic (exact) mass is 255 g/mol. The van der Waals surface area contributed by atoms with E-state index in [0.717, 1.165) is 0 Å². The number of imidazole rings is 1. The van der Waals surface area contributed by atoms with Crippen LogP contribution in [0.4, 0.5) is 5.95 Å². The Morgan fingerprint density at radius 1 is 1.71 bits per heavy atom. The van der Waals surface area contributed by atoms with E-state index in [1.165, 1.54) is 11.8 Å². The van der Waals surface area contributed by atoms with Gasteiger partial charge >= 0.3 is 0 Å². The van der Waals surface area contributed by atoms with Crippen LogP contribution in [0.5, 0.6) is 0 Å². The summed E-state index contributed by atoms with van der Waals surface area (Å²) in [5, 5.41) is 9.13. The molecule has 7 nitrogen and oxygen atoms in total. The maximum Gasteiger partial charge on any atom is 0.278 e. The number of aromatic nitrogens is 4. The van der Waals surface area contributed by atoms with Crippen LogP contribution in [0.1, 0.15) is 6.92 Å². The summed E-state index contributed by atoms with van der Waals surface area (Å²) >= 11 is 1.40. The lowest BCUT2D eigenvalue weighted by Gasteiger charge is -2.05. The largest absolute Gasteiger partial charge is 0.383 e. The number of rotatable bonds is 4. The first-order valence-corrected chi connectivity index (χ1v) is 6.13. The quantitative estimate of drug-likeness (QED) is 0.651. The zero-order valence-corrected chi connectivity index (χ0v) is 10.1. The number of hydrogen-bond acceptors (Lipinski definition) is 6. The second-order valence-corrected chi connectivity index (χ2v) is 4.96. The molecule has 0 aromatic carbocycles. The number of H-pyrrole nitrogens is 1. The van der Waals surface area contributed by atoms with Gasteiger partial charge in [0, 0.05) is 12.3 Å². The van der Waals surface area contributed by atoms with Crippen LogP contribution < -0.4 is 11.3 Å². The van der Waals surface area contributed by atoms with Gasteiger partial charge in [-0.05, 0) is 6.92 Å². The molecule has 1 unspecified atom stereocenters. The molecule has 0 amide bonds. The van der Waals surface area contributed by atoms with Gasteiger partial charge in [-0.3, -0.25) is 9.78 Å². The van der Waals surface area contributed by atoms with Gasteiger partial charge in [0.2, 0.25) is 5.95 Å². The molecule has 1 atom stereocenters. The number of nitrogen functional groups attached to an aromatic ring is 1. The minimum absolute atomic E-state index is 0.0612. The van der Waals surface area contributed by atoms with Crippen molar-refractivity contribution in [1.82, 2.24) is 19.5 Å². The van der Waals surface area contributed by atoms with E-state index >= 15 is 0 Å². The first-order chi connectivity index (χ1) is 8.08. The highest BCUT2D eigenvalue weighted by Crippen LogP contribution is 2.10. The topological polar surface area (TPSA) is 110 Å². The Balaban J connectivity index is 2.27. The number of nitrogens with zero attached hydrogens (tertiary/aromatic N) is 3. The Bertz CT molecular complexity index is 576. The van der Waals surface area contributed by atoms with Gasteiger partial charge in [0.15, 0.2) is 11.2 Å². The average Bonchev–Trinajstić information content (AvgIpc) is 2.60. The molecule has 0 radical (unpaired) electrons. The van der Waals surface area contributed by atoms with Crippen LogP contribution in [0.25, 0.3) is 11.2 Å². The smallest absolute Gasteiger partial charge is 0.278 e. The van der Waals surface area contributed by atoms with Gasteiger partial charge in [-0.15, -0.1) is 11.8 Å². The van der Waals surface area contributed by atoms with Gasteiger partial charge in [-0.1, -0.05) is 0 Å². The van der Waals surface area contributed by atoms with Crippen LogP contribution in [0.2, 0.25) is 0 Å².